The zero-order chi connectivity index (χ0) is 23.5. The van der Waals surface area contributed by atoms with Gasteiger partial charge in [-0.3, -0.25) is 20.2 Å². The van der Waals surface area contributed by atoms with Crippen molar-refractivity contribution in [2.45, 2.75) is 6.54 Å². The van der Waals surface area contributed by atoms with Gasteiger partial charge in [0.2, 0.25) is 0 Å². The van der Waals surface area contributed by atoms with E-state index in [-0.39, 0.29) is 11.4 Å². The van der Waals surface area contributed by atoms with Crippen LogP contribution in [0, 0.1) is 20.2 Å². The van der Waals surface area contributed by atoms with E-state index >= 15 is 0 Å². The molecule has 33 heavy (non-hydrogen) atoms. The fourth-order valence-electron chi connectivity index (χ4n) is 4.11. The highest BCUT2D eigenvalue weighted by molar-refractivity contribution is 6.02. The van der Waals surface area contributed by atoms with Crippen molar-refractivity contribution in [1.29, 1.82) is 0 Å². The van der Waals surface area contributed by atoms with Gasteiger partial charge in [0.05, 0.1) is 15.9 Å². The molecule has 4 rings (SSSR count). The maximum absolute atomic E-state index is 11.9. The molecular formula is C25H24N4O4. The number of hydrogen-bond acceptors (Lipinski definition) is 6. The summed E-state index contributed by atoms with van der Waals surface area (Å²) in [6.45, 7) is 1.61. The Bertz CT molecular complexity index is 1300. The van der Waals surface area contributed by atoms with Gasteiger partial charge < -0.3 is 9.80 Å². The summed E-state index contributed by atoms with van der Waals surface area (Å²) >= 11 is 0. The smallest absolute Gasteiger partial charge is 0.299 e. The van der Waals surface area contributed by atoms with Gasteiger partial charge in [-0.05, 0) is 53.3 Å². The van der Waals surface area contributed by atoms with E-state index in [1.54, 1.807) is 0 Å². The maximum Gasteiger partial charge on any atom is 0.299 e. The van der Waals surface area contributed by atoms with E-state index in [2.05, 4.69) is 30.3 Å². The quantitative estimate of drug-likeness (QED) is 0.206. The molecule has 0 amide bonds. The molecular weight excluding hydrogens is 420 g/mol. The standard InChI is InChI=1S/C25H24N4O4/c1-26(2)13-14-27(24-12-11-20(28(30)31)16-25(24)29(32)33)17-23-21-9-5-3-7-18(21)15-19-8-4-6-10-22(19)23/h3-12,15-16H,13-14,17H2,1-2H3. The molecule has 168 valence electrons. The molecule has 0 bridgehead atoms. The Hall–Kier alpha value is -4.04. The highest BCUT2D eigenvalue weighted by Gasteiger charge is 2.24. The molecule has 4 aromatic rings. The Kier molecular flexibility index (Phi) is 6.19. The minimum Gasteiger partial charge on any atom is -0.360 e. The zero-order valence-corrected chi connectivity index (χ0v) is 18.5. The van der Waals surface area contributed by atoms with Crippen LogP contribution in [-0.4, -0.2) is 41.9 Å². The maximum atomic E-state index is 11.9. The van der Waals surface area contributed by atoms with Crippen molar-refractivity contribution < 1.29 is 9.85 Å². The number of nitrogens with zero attached hydrogens (tertiary/aromatic N) is 4. The minimum atomic E-state index is -0.612. The van der Waals surface area contributed by atoms with Crippen LogP contribution in [0.5, 0.6) is 0 Å². The third-order valence-corrected chi connectivity index (χ3v) is 5.76. The molecule has 0 unspecified atom stereocenters. The Morgan fingerprint density at radius 1 is 0.758 bits per heavy atom. The van der Waals surface area contributed by atoms with Gasteiger partial charge in [0.15, 0.2) is 0 Å². The van der Waals surface area contributed by atoms with Gasteiger partial charge in [0.1, 0.15) is 5.69 Å². The summed E-state index contributed by atoms with van der Waals surface area (Å²) < 4.78 is 0. The third-order valence-electron chi connectivity index (χ3n) is 5.76. The highest BCUT2D eigenvalue weighted by Crippen LogP contribution is 2.35. The van der Waals surface area contributed by atoms with Crippen LogP contribution in [0.3, 0.4) is 0 Å². The SMILES string of the molecule is CN(C)CCN(Cc1c2ccccc2cc2ccccc12)c1ccc([N+](=O)[O-])cc1[N+](=O)[O-]. The van der Waals surface area contributed by atoms with Crippen LogP contribution in [0.2, 0.25) is 0 Å². The summed E-state index contributed by atoms with van der Waals surface area (Å²) in [5, 5.41) is 27.4. The fraction of sp³-hybridized carbons (Fsp3) is 0.200. The summed E-state index contributed by atoms with van der Waals surface area (Å²) in [5.74, 6) is 0. The van der Waals surface area contributed by atoms with Crippen molar-refractivity contribution >= 4 is 38.6 Å². The summed E-state index contributed by atoms with van der Waals surface area (Å²) in [5.41, 5.74) is 0.862. The van der Waals surface area contributed by atoms with Gasteiger partial charge >= 0.3 is 0 Å². The largest absolute Gasteiger partial charge is 0.360 e. The average Bonchev–Trinajstić information content (AvgIpc) is 2.80. The van der Waals surface area contributed by atoms with E-state index in [1.165, 1.54) is 12.1 Å². The molecule has 8 nitrogen and oxygen atoms in total. The number of anilines is 1. The van der Waals surface area contributed by atoms with Crippen LogP contribution in [0.1, 0.15) is 5.56 Å². The molecule has 0 radical (unpaired) electrons. The van der Waals surface area contributed by atoms with Crippen molar-refractivity contribution in [3.63, 3.8) is 0 Å². The van der Waals surface area contributed by atoms with Crippen LogP contribution < -0.4 is 4.90 Å². The van der Waals surface area contributed by atoms with Gasteiger partial charge in [-0.2, -0.15) is 0 Å². The molecule has 0 fully saturated rings. The van der Waals surface area contributed by atoms with Crippen LogP contribution in [0.25, 0.3) is 21.5 Å². The van der Waals surface area contributed by atoms with Crippen LogP contribution in [0.15, 0.2) is 72.8 Å². The first-order valence-electron chi connectivity index (χ1n) is 10.6. The van der Waals surface area contributed by atoms with Crippen molar-refractivity contribution in [1.82, 2.24) is 4.90 Å². The van der Waals surface area contributed by atoms with E-state index in [0.29, 0.717) is 25.3 Å². The first-order valence-corrected chi connectivity index (χ1v) is 10.6. The molecule has 0 aliphatic rings. The summed E-state index contributed by atoms with van der Waals surface area (Å²) in [7, 11) is 3.88. The van der Waals surface area contributed by atoms with E-state index < -0.39 is 9.85 Å². The summed E-state index contributed by atoms with van der Waals surface area (Å²) in [4.78, 5) is 25.9. The van der Waals surface area contributed by atoms with Gasteiger partial charge in [-0.15, -0.1) is 0 Å². The molecule has 0 atom stereocenters. The summed E-state index contributed by atoms with van der Waals surface area (Å²) in [6, 6.07) is 22.2. The van der Waals surface area contributed by atoms with E-state index in [1.807, 2.05) is 48.2 Å². The van der Waals surface area contributed by atoms with Crippen molar-refractivity contribution in [2.75, 3.05) is 32.1 Å². The lowest BCUT2D eigenvalue weighted by atomic mass is 9.96. The van der Waals surface area contributed by atoms with E-state index in [4.69, 9.17) is 0 Å². The fourth-order valence-corrected chi connectivity index (χ4v) is 4.11. The van der Waals surface area contributed by atoms with E-state index in [9.17, 15) is 20.2 Å². The number of nitro groups is 2. The second kappa shape index (κ2) is 9.22. The number of fused-ring (bicyclic) bond motifs is 2. The molecule has 0 saturated carbocycles. The number of nitro benzene ring substituents is 2. The van der Waals surface area contributed by atoms with Crippen LogP contribution in [-0.2, 0) is 6.54 Å². The van der Waals surface area contributed by atoms with Crippen molar-refractivity contribution in [2.24, 2.45) is 0 Å². The van der Waals surface area contributed by atoms with Gasteiger partial charge in [-0.1, -0.05) is 48.5 Å². The van der Waals surface area contributed by atoms with Crippen LogP contribution in [0.4, 0.5) is 17.1 Å². The molecule has 0 spiro atoms. The number of hydrogen-bond donors (Lipinski definition) is 0. The second-order valence-corrected chi connectivity index (χ2v) is 8.21. The molecule has 0 aromatic heterocycles. The molecule has 0 aliphatic carbocycles. The van der Waals surface area contributed by atoms with Crippen LogP contribution >= 0.6 is 0 Å². The number of benzene rings is 4. The first kappa shape index (κ1) is 22.2. The molecule has 4 aromatic carbocycles. The Morgan fingerprint density at radius 3 is 1.91 bits per heavy atom. The number of non-ortho nitro benzene ring substituents is 1. The molecule has 0 heterocycles. The lowest BCUT2D eigenvalue weighted by Crippen LogP contribution is -2.32. The van der Waals surface area contributed by atoms with E-state index in [0.717, 1.165) is 33.2 Å². The second-order valence-electron chi connectivity index (χ2n) is 8.21. The average molecular weight is 444 g/mol. The highest BCUT2D eigenvalue weighted by atomic mass is 16.6. The Morgan fingerprint density at radius 2 is 1.36 bits per heavy atom. The van der Waals surface area contributed by atoms with Gasteiger partial charge in [-0.25, -0.2) is 0 Å². The van der Waals surface area contributed by atoms with Gasteiger partial charge in [0, 0.05) is 25.7 Å². The number of rotatable bonds is 8. The molecule has 0 saturated heterocycles. The lowest BCUT2D eigenvalue weighted by molar-refractivity contribution is -0.393. The summed E-state index contributed by atoms with van der Waals surface area (Å²) in [6.07, 6.45) is 0. The first-order chi connectivity index (χ1) is 15.8. The lowest BCUT2D eigenvalue weighted by Gasteiger charge is -2.27. The molecule has 0 aliphatic heterocycles. The normalized spacial score (nSPS) is 11.2. The van der Waals surface area contributed by atoms with Crippen molar-refractivity contribution in [3.8, 4) is 0 Å². The third kappa shape index (κ3) is 4.61. The Balaban J connectivity index is 1.89. The molecule has 8 heteroatoms. The predicted molar refractivity (Wildman–Crippen MR) is 131 cm³/mol. The zero-order valence-electron chi connectivity index (χ0n) is 18.5. The van der Waals surface area contributed by atoms with Gasteiger partial charge in [0.25, 0.3) is 11.4 Å². The topological polar surface area (TPSA) is 92.8 Å². The minimum absolute atomic E-state index is 0.271. The Labute approximate surface area is 191 Å². The molecule has 0 N–H and O–H groups in total. The van der Waals surface area contributed by atoms with Crippen molar-refractivity contribution in [3.05, 3.63) is 98.6 Å². The number of likely N-dealkylation sites (N-methyl/N-ethyl adjacent to an activating group) is 1. The predicted octanol–water partition coefficient (Wildman–Crippen LogP) is 5.38. The monoisotopic (exact) mass is 444 g/mol.